The van der Waals surface area contributed by atoms with Crippen molar-refractivity contribution in [2.24, 2.45) is 0 Å². The first-order valence-corrected chi connectivity index (χ1v) is 7.63. The molecule has 0 fully saturated rings. The molecule has 0 aliphatic heterocycles. The minimum Gasteiger partial charge on any atom is -0.497 e. The van der Waals surface area contributed by atoms with Gasteiger partial charge in [-0.25, -0.2) is 0 Å². The highest BCUT2D eigenvalue weighted by Crippen LogP contribution is 2.26. The summed E-state index contributed by atoms with van der Waals surface area (Å²) < 4.78 is 15.8. The zero-order chi connectivity index (χ0) is 17.2. The van der Waals surface area contributed by atoms with E-state index >= 15 is 0 Å². The van der Waals surface area contributed by atoms with Gasteiger partial charge in [-0.05, 0) is 36.4 Å². The van der Waals surface area contributed by atoms with E-state index in [1.165, 1.54) is 0 Å². The fourth-order valence-corrected chi connectivity index (χ4v) is 1.99. The minimum atomic E-state index is -0.104. The lowest BCUT2D eigenvalue weighted by Gasteiger charge is -2.09. The van der Waals surface area contributed by atoms with Gasteiger partial charge in [-0.15, -0.1) is 0 Å². The maximum Gasteiger partial charge on any atom is 0.238 e. The van der Waals surface area contributed by atoms with E-state index in [1.54, 1.807) is 44.6 Å². The third-order valence-corrected chi connectivity index (χ3v) is 3.18. The number of ether oxygens (including phenoxy) is 3. The van der Waals surface area contributed by atoms with Crippen LogP contribution in [0.1, 0.15) is 0 Å². The molecular weight excluding hydrogens is 308 g/mol. The van der Waals surface area contributed by atoms with Gasteiger partial charge in [0.15, 0.2) is 0 Å². The van der Waals surface area contributed by atoms with Crippen molar-refractivity contribution in [3.8, 4) is 17.2 Å². The Balaban J connectivity index is 1.85. The maximum absolute atomic E-state index is 11.8. The smallest absolute Gasteiger partial charge is 0.238 e. The molecule has 0 spiro atoms. The quantitative estimate of drug-likeness (QED) is 0.692. The van der Waals surface area contributed by atoms with Gasteiger partial charge in [0, 0.05) is 25.4 Å². The molecule has 0 aliphatic carbocycles. The van der Waals surface area contributed by atoms with Crippen molar-refractivity contribution in [2.45, 2.75) is 0 Å². The summed E-state index contributed by atoms with van der Waals surface area (Å²) in [6.45, 7) is 1.45. The van der Waals surface area contributed by atoms with Gasteiger partial charge in [-0.2, -0.15) is 0 Å². The van der Waals surface area contributed by atoms with Gasteiger partial charge in [0.25, 0.3) is 0 Å². The lowest BCUT2D eigenvalue weighted by molar-refractivity contribution is -0.115. The van der Waals surface area contributed by atoms with E-state index in [2.05, 4.69) is 10.6 Å². The third kappa shape index (κ3) is 5.91. The van der Waals surface area contributed by atoms with Gasteiger partial charge in [0.05, 0.1) is 20.3 Å². The average Bonchev–Trinajstić information content (AvgIpc) is 2.61. The number of anilines is 1. The first kappa shape index (κ1) is 17.8. The van der Waals surface area contributed by atoms with E-state index in [9.17, 15) is 4.79 Å². The Hall–Kier alpha value is -2.57. The predicted octanol–water partition coefficient (Wildman–Crippen LogP) is 2.66. The highest BCUT2D eigenvalue weighted by Gasteiger charge is 2.03. The normalized spacial score (nSPS) is 10.2. The summed E-state index contributed by atoms with van der Waals surface area (Å²) in [5.41, 5.74) is 0.714. The van der Waals surface area contributed by atoms with Crippen LogP contribution in [-0.4, -0.2) is 39.8 Å². The Bertz CT molecular complexity index is 644. The highest BCUT2D eigenvalue weighted by atomic mass is 16.5. The SMILES string of the molecule is COCCNCC(=O)Nc1ccc(Oc2cccc(OC)c2)cc1. The summed E-state index contributed by atoms with van der Waals surface area (Å²) in [6, 6.07) is 14.6. The molecule has 2 N–H and O–H groups in total. The van der Waals surface area contributed by atoms with E-state index in [0.29, 0.717) is 30.3 Å². The summed E-state index contributed by atoms with van der Waals surface area (Å²) in [7, 11) is 3.23. The highest BCUT2D eigenvalue weighted by molar-refractivity contribution is 5.92. The number of hydrogen-bond donors (Lipinski definition) is 2. The van der Waals surface area contributed by atoms with Crippen LogP contribution in [-0.2, 0) is 9.53 Å². The van der Waals surface area contributed by atoms with Crippen LogP contribution in [0.4, 0.5) is 5.69 Å². The standard InChI is InChI=1S/C18H22N2O4/c1-22-11-10-19-13-18(21)20-14-6-8-15(9-7-14)24-17-5-3-4-16(12-17)23-2/h3-9,12,19H,10-11,13H2,1-2H3,(H,20,21). The molecule has 0 saturated heterocycles. The monoisotopic (exact) mass is 330 g/mol. The molecule has 0 unspecified atom stereocenters. The molecule has 6 nitrogen and oxygen atoms in total. The van der Waals surface area contributed by atoms with E-state index in [4.69, 9.17) is 14.2 Å². The predicted molar refractivity (Wildman–Crippen MR) is 92.9 cm³/mol. The number of carbonyl (C=O) groups is 1. The van der Waals surface area contributed by atoms with Crippen LogP contribution < -0.4 is 20.1 Å². The fourth-order valence-electron chi connectivity index (χ4n) is 1.99. The number of methoxy groups -OCH3 is 2. The molecule has 128 valence electrons. The molecule has 1 amide bonds. The molecule has 2 rings (SSSR count). The van der Waals surface area contributed by atoms with Gasteiger partial charge < -0.3 is 24.8 Å². The Morgan fingerprint density at radius 1 is 1.00 bits per heavy atom. The Labute approximate surface area is 141 Å². The van der Waals surface area contributed by atoms with E-state index in [-0.39, 0.29) is 12.5 Å². The second-order valence-corrected chi connectivity index (χ2v) is 5.02. The zero-order valence-corrected chi connectivity index (χ0v) is 13.9. The van der Waals surface area contributed by atoms with Crippen LogP contribution in [0.25, 0.3) is 0 Å². The lowest BCUT2D eigenvalue weighted by atomic mass is 10.3. The molecule has 24 heavy (non-hydrogen) atoms. The van der Waals surface area contributed by atoms with Crippen LogP contribution in [0.5, 0.6) is 17.2 Å². The topological polar surface area (TPSA) is 68.8 Å². The third-order valence-electron chi connectivity index (χ3n) is 3.18. The number of carbonyl (C=O) groups excluding carboxylic acids is 1. The Morgan fingerprint density at radius 2 is 1.75 bits per heavy atom. The van der Waals surface area contributed by atoms with Gasteiger partial charge in [0.2, 0.25) is 5.91 Å². The van der Waals surface area contributed by atoms with Crippen molar-refractivity contribution in [1.29, 1.82) is 0 Å². The summed E-state index contributed by atoms with van der Waals surface area (Å²) >= 11 is 0. The van der Waals surface area contributed by atoms with Crippen molar-refractivity contribution >= 4 is 11.6 Å². The van der Waals surface area contributed by atoms with E-state index in [0.717, 1.165) is 5.75 Å². The van der Waals surface area contributed by atoms with Gasteiger partial charge >= 0.3 is 0 Å². The molecule has 0 radical (unpaired) electrons. The number of amides is 1. The fraction of sp³-hybridized carbons (Fsp3) is 0.278. The van der Waals surface area contributed by atoms with Gasteiger partial charge in [0.1, 0.15) is 17.2 Å². The average molecular weight is 330 g/mol. The summed E-state index contributed by atoms with van der Waals surface area (Å²) in [4.78, 5) is 11.8. The van der Waals surface area contributed by atoms with E-state index in [1.807, 2.05) is 18.2 Å². The van der Waals surface area contributed by atoms with Crippen LogP contribution in [0, 0.1) is 0 Å². The second kappa shape index (κ2) is 9.54. The van der Waals surface area contributed by atoms with E-state index < -0.39 is 0 Å². The number of hydrogen-bond acceptors (Lipinski definition) is 5. The second-order valence-electron chi connectivity index (χ2n) is 5.02. The molecule has 2 aromatic rings. The lowest BCUT2D eigenvalue weighted by Crippen LogP contribution is -2.30. The van der Waals surface area contributed by atoms with Crippen LogP contribution in [0.2, 0.25) is 0 Å². The molecule has 0 heterocycles. The largest absolute Gasteiger partial charge is 0.497 e. The molecule has 0 saturated carbocycles. The summed E-state index contributed by atoms with van der Waals surface area (Å²) in [6.07, 6.45) is 0. The molecule has 6 heteroatoms. The molecular formula is C18H22N2O4. The van der Waals surface area contributed by atoms with Gasteiger partial charge in [-0.3, -0.25) is 4.79 Å². The molecule has 0 aromatic heterocycles. The molecule has 0 bridgehead atoms. The Morgan fingerprint density at radius 3 is 2.46 bits per heavy atom. The first-order valence-electron chi connectivity index (χ1n) is 7.63. The number of nitrogens with one attached hydrogen (secondary N) is 2. The van der Waals surface area contributed by atoms with Gasteiger partial charge in [-0.1, -0.05) is 6.07 Å². The van der Waals surface area contributed by atoms with Crippen molar-refractivity contribution in [1.82, 2.24) is 5.32 Å². The van der Waals surface area contributed by atoms with Crippen LogP contribution in [0.15, 0.2) is 48.5 Å². The van der Waals surface area contributed by atoms with Crippen molar-refractivity contribution in [3.63, 3.8) is 0 Å². The van der Waals surface area contributed by atoms with Crippen LogP contribution in [0.3, 0.4) is 0 Å². The minimum absolute atomic E-state index is 0.104. The molecule has 0 atom stereocenters. The van der Waals surface area contributed by atoms with Crippen molar-refractivity contribution < 1.29 is 19.0 Å². The number of benzene rings is 2. The number of rotatable bonds is 9. The van der Waals surface area contributed by atoms with Crippen molar-refractivity contribution in [2.75, 3.05) is 39.2 Å². The molecule has 0 aliphatic rings. The van der Waals surface area contributed by atoms with Crippen LogP contribution >= 0.6 is 0 Å². The first-order chi connectivity index (χ1) is 11.7. The van der Waals surface area contributed by atoms with Crippen molar-refractivity contribution in [3.05, 3.63) is 48.5 Å². The molecule has 2 aromatic carbocycles. The summed E-state index contributed by atoms with van der Waals surface area (Å²) in [5.74, 6) is 2.00. The Kier molecular flexibility index (Phi) is 7.07. The zero-order valence-electron chi connectivity index (χ0n) is 13.9. The maximum atomic E-state index is 11.8. The summed E-state index contributed by atoms with van der Waals surface area (Å²) in [5, 5.41) is 5.80.